The lowest BCUT2D eigenvalue weighted by Crippen LogP contribution is -1.88. The van der Waals surface area contributed by atoms with Crippen molar-refractivity contribution in [3.05, 3.63) is 41.9 Å². The fraction of sp³-hybridized carbons (Fsp3) is 0.111. The first-order valence-electron chi connectivity index (χ1n) is 3.49. The second-order valence-corrected chi connectivity index (χ2v) is 2.30. The second kappa shape index (κ2) is 4.14. The van der Waals surface area contributed by atoms with Crippen molar-refractivity contribution in [2.24, 2.45) is 0 Å². The van der Waals surface area contributed by atoms with Gasteiger partial charge in [0.25, 0.3) is 0 Å². The van der Waals surface area contributed by atoms with Crippen LogP contribution >= 0.6 is 0 Å². The third-order valence-corrected chi connectivity index (χ3v) is 1.42. The predicted molar refractivity (Wildman–Crippen MR) is 44.3 cm³/mol. The first-order valence-corrected chi connectivity index (χ1v) is 3.49. The zero-order chi connectivity index (χ0) is 8.81. The van der Waals surface area contributed by atoms with Crippen molar-refractivity contribution in [2.45, 2.75) is 6.42 Å². The Bertz CT molecular complexity index is 311. The predicted octanol–water partition coefficient (Wildman–Crippen LogP) is 1.59. The maximum absolute atomic E-state index is 8.58. The Hall–Kier alpha value is -1.82. The molecule has 0 fully saturated rings. The van der Waals surface area contributed by atoms with Crippen LogP contribution in [-0.2, 0) is 6.42 Å². The summed E-state index contributed by atoms with van der Waals surface area (Å²) in [5, 5.41) is 17.1. The Morgan fingerprint density at radius 2 is 2.58 bits per heavy atom. The molecule has 1 aromatic heterocycles. The Kier molecular flexibility index (Phi) is 2.86. The lowest BCUT2D eigenvalue weighted by molar-refractivity contribution is 0.468. The van der Waals surface area contributed by atoms with Crippen LogP contribution in [0.2, 0.25) is 0 Å². The van der Waals surface area contributed by atoms with E-state index in [2.05, 4.69) is 4.98 Å². The lowest BCUT2D eigenvalue weighted by atomic mass is 10.1. The third-order valence-electron chi connectivity index (χ3n) is 1.42. The summed E-state index contributed by atoms with van der Waals surface area (Å²) in [5.41, 5.74) is 1.25. The molecular formula is C9H8N2O. The van der Waals surface area contributed by atoms with Crippen molar-refractivity contribution in [3.63, 3.8) is 0 Å². The van der Waals surface area contributed by atoms with Gasteiger partial charge in [-0.1, -0.05) is 6.07 Å². The molecule has 0 amide bonds. The SMILES string of the molecule is N#C/C(=C\O)Cc1cccnc1. The number of pyridine rings is 1. The Balaban J connectivity index is 2.72. The van der Waals surface area contributed by atoms with Crippen molar-refractivity contribution >= 4 is 0 Å². The molecule has 0 atom stereocenters. The van der Waals surface area contributed by atoms with Crippen molar-refractivity contribution in [3.8, 4) is 6.07 Å². The highest BCUT2D eigenvalue weighted by molar-refractivity contribution is 5.26. The summed E-state index contributed by atoms with van der Waals surface area (Å²) in [6.07, 6.45) is 4.59. The van der Waals surface area contributed by atoms with Gasteiger partial charge in [-0.05, 0) is 11.6 Å². The number of allylic oxidation sites excluding steroid dienone is 1. The van der Waals surface area contributed by atoms with E-state index >= 15 is 0 Å². The van der Waals surface area contributed by atoms with E-state index in [-0.39, 0.29) is 0 Å². The molecule has 0 spiro atoms. The summed E-state index contributed by atoms with van der Waals surface area (Å²) in [4.78, 5) is 3.89. The minimum atomic E-state index is 0.336. The van der Waals surface area contributed by atoms with Gasteiger partial charge >= 0.3 is 0 Å². The van der Waals surface area contributed by atoms with E-state index in [0.717, 1.165) is 11.8 Å². The van der Waals surface area contributed by atoms with E-state index in [1.165, 1.54) is 0 Å². The molecule has 1 heterocycles. The fourth-order valence-corrected chi connectivity index (χ4v) is 0.837. The summed E-state index contributed by atoms with van der Waals surface area (Å²) in [6.45, 7) is 0. The molecule has 3 nitrogen and oxygen atoms in total. The topological polar surface area (TPSA) is 56.9 Å². The molecule has 1 N–H and O–H groups in total. The van der Waals surface area contributed by atoms with Gasteiger partial charge in [-0.3, -0.25) is 4.98 Å². The number of hydrogen-bond acceptors (Lipinski definition) is 3. The van der Waals surface area contributed by atoms with Gasteiger partial charge < -0.3 is 5.11 Å². The minimum Gasteiger partial charge on any atom is -0.515 e. The number of aromatic nitrogens is 1. The fourth-order valence-electron chi connectivity index (χ4n) is 0.837. The number of nitriles is 1. The van der Waals surface area contributed by atoms with Gasteiger partial charge in [-0.15, -0.1) is 0 Å². The number of nitrogens with zero attached hydrogens (tertiary/aromatic N) is 2. The van der Waals surface area contributed by atoms with Gasteiger partial charge in [-0.25, -0.2) is 0 Å². The van der Waals surface area contributed by atoms with Crippen LogP contribution < -0.4 is 0 Å². The van der Waals surface area contributed by atoms with E-state index < -0.39 is 0 Å². The standard InChI is InChI=1S/C9H8N2O/c10-5-9(7-12)4-8-2-1-3-11-6-8/h1-3,6-7,12H,4H2/b9-7-. The summed E-state index contributed by atoms with van der Waals surface area (Å²) in [5.74, 6) is 0. The van der Waals surface area contributed by atoms with Crippen molar-refractivity contribution < 1.29 is 5.11 Å². The Morgan fingerprint density at radius 1 is 1.75 bits per heavy atom. The molecule has 1 aromatic rings. The molecule has 0 aliphatic rings. The minimum absolute atomic E-state index is 0.336. The summed E-state index contributed by atoms with van der Waals surface area (Å²) < 4.78 is 0. The maximum atomic E-state index is 8.58. The molecule has 60 valence electrons. The zero-order valence-corrected chi connectivity index (χ0v) is 6.44. The Labute approximate surface area is 70.6 Å². The quantitative estimate of drug-likeness (QED) is 0.528. The first kappa shape index (κ1) is 8.28. The lowest BCUT2D eigenvalue weighted by Gasteiger charge is -1.95. The van der Waals surface area contributed by atoms with E-state index in [4.69, 9.17) is 10.4 Å². The average Bonchev–Trinajstić information content (AvgIpc) is 2.16. The number of hydrogen-bond donors (Lipinski definition) is 1. The number of rotatable bonds is 2. The molecule has 0 saturated heterocycles. The molecule has 1 rings (SSSR count). The monoisotopic (exact) mass is 160 g/mol. The normalized spacial score (nSPS) is 10.8. The van der Waals surface area contributed by atoms with Crippen LogP contribution in [0.3, 0.4) is 0 Å². The summed E-state index contributed by atoms with van der Waals surface area (Å²) in [6, 6.07) is 5.53. The molecule has 0 aliphatic carbocycles. The van der Waals surface area contributed by atoms with Crippen molar-refractivity contribution in [1.29, 1.82) is 5.26 Å². The highest BCUT2D eigenvalue weighted by Gasteiger charge is 1.97. The smallest absolute Gasteiger partial charge is 0.0982 e. The molecule has 0 aromatic carbocycles. The van der Waals surface area contributed by atoms with Gasteiger partial charge in [0.1, 0.15) is 0 Å². The van der Waals surface area contributed by atoms with Crippen LogP contribution in [0.4, 0.5) is 0 Å². The number of aliphatic hydroxyl groups is 1. The highest BCUT2D eigenvalue weighted by Crippen LogP contribution is 2.04. The van der Waals surface area contributed by atoms with Gasteiger partial charge in [0.05, 0.1) is 17.9 Å². The van der Waals surface area contributed by atoms with Gasteiger partial charge in [-0.2, -0.15) is 5.26 Å². The maximum Gasteiger partial charge on any atom is 0.0982 e. The Morgan fingerprint density at radius 3 is 3.08 bits per heavy atom. The number of aliphatic hydroxyl groups excluding tert-OH is 1. The van der Waals surface area contributed by atoms with Gasteiger partial charge in [0.15, 0.2) is 0 Å². The molecule has 12 heavy (non-hydrogen) atoms. The van der Waals surface area contributed by atoms with Crippen LogP contribution in [0, 0.1) is 11.3 Å². The van der Waals surface area contributed by atoms with E-state index in [1.54, 1.807) is 18.5 Å². The molecule has 0 unspecified atom stereocenters. The van der Waals surface area contributed by atoms with Crippen LogP contribution in [0.5, 0.6) is 0 Å². The van der Waals surface area contributed by atoms with Crippen LogP contribution in [0.1, 0.15) is 5.56 Å². The van der Waals surface area contributed by atoms with Crippen molar-refractivity contribution in [1.82, 2.24) is 4.98 Å². The van der Waals surface area contributed by atoms with Crippen molar-refractivity contribution in [2.75, 3.05) is 0 Å². The summed E-state index contributed by atoms with van der Waals surface area (Å²) in [7, 11) is 0. The molecule has 3 heteroatoms. The van der Waals surface area contributed by atoms with Crippen LogP contribution in [0.15, 0.2) is 36.4 Å². The molecule has 0 radical (unpaired) electrons. The van der Waals surface area contributed by atoms with E-state index in [1.807, 2.05) is 12.1 Å². The molecule has 0 saturated carbocycles. The summed E-state index contributed by atoms with van der Waals surface area (Å²) >= 11 is 0. The zero-order valence-electron chi connectivity index (χ0n) is 6.44. The molecular weight excluding hydrogens is 152 g/mol. The van der Waals surface area contributed by atoms with Crippen LogP contribution in [-0.4, -0.2) is 10.1 Å². The third kappa shape index (κ3) is 2.10. The van der Waals surface area contributed by atoms with E-state index in [0.29, 0.717) is 12.0 Å². The average molecular weight is 160 g/mol. The van der Waals surface area contributed by atoms with E-state index in [9.17, 15) is 0 Å². The molecule has 0 aliphatic heterocycles. The molecule has 0 bridgehead atoms. The van der Waals surface area contributed by atoms with Crippen LogP contribution in [0.25, 0.3) is 0 Å². The largest absolute Gasteiger partial charge is 0.515 e. The van der Waals surface area contributed by atoms with Gasteiger partial charge in [0.2, 0.25) is 0 Å². The van der Waals surface area contributed by atoms with Gasteiger partial charge in [0, 0.05) is 18.8 Å². The highest BCUT2D eigenvalue weighted by atomic mass is 16.2. The first-order chi connectivity index (χ1) is 5.86. The second-order valence-electron chi connectivity index (χ2n) is 2.30.